The third-order valence-corrected chi connectivity index (χ3v) is 6.05. The summed E-state index contributed by atoms with van der Waals surface area (Å²) in [6.45, 7) is 4.28. The highest BCUT2D eigenvalue weighted by molar-refractivity contribution is 6.33. The number of hydrogen-bond acceptors (Lipinski definition) is 1. The SMILES string of the molecule is CC(C)c1ccc([C@@H]2Nc3c(Cl)ccc(C(F)(F)F)c3[C@H]3C=CC[C@H]32)cc1. The first-order chi connectivity index (χ1) is 12.8. The van der Waals surface area contributed by atoms with Gasteiger partial charge in [0.2, 0.25) is 0 Å². The van der Waals surface area contributed by atoms with Gasteiger partial charge in [-0.2, -0.15) is 13.2 Å². The van der Waals surface area contributed by atoms with Crippen LogP contribution in [0.25, 0.3) is 0 Å². The number of allylic oxidation sites excluding steroid dienone is 2. The molecule has 0 bridgehead atoms. The Balaban J connectivity index is 1.81. The highest BCUT2D eigenvalue weighted by Gasteiger charge is 2.44. The molecule has 142 valence electrons. The minimum Gasteiger partial charge on any atom is -0.376 e. The van der Waals surface area contributed by atoms with Gasteiger partial charge in [-0.05, 0) is 47.1 Å². The van der Waals surface area contributed by atoms with Crippen molar-refractivity contribution >= 4 is 17.3 Å². The Labute approximate surface area is 162 Å². The molecule has 3 atom stereocenters. The maximum atomic E-state index is 13.6. The fourth-order valence-corrected chi connectivity index (χ4v) is 4.56. The van der Waals surface area contributed by atoms with Crippen molar-refractivity contribution in [2.45, 2.75) is 44.3 Å². The number of rotatable bonds is 2. The number of alkyl halides is 3. The van der Waals surface area contributed by atoms with E-state index in [1.54, 1.807) is 0 Å². The molecule has 2 aliphatic rings. The Morgan fingerprint density at radius 3 is 2.41 bits per heavy atom. The molecule has 0 aromatic heterocycles. The second kappa shape index (κ2) is 6.59. The van der Waals surface area contributed by atoms with E-state index in [2.05, 4.69) is 43.4 Å². The normalized spacial score (nSPS) is 23.9. The van der Waals surface area contributed by atoms with Crippen LogP contribution in [0.1, 0.15) is 60.4 Å². The summed E-state index contributed by atoms with van der Waals surface area (Å²) in [7, 11) is 0. The quantitative estimate of drug-likeness (QED) is 0.529. The molecule has 2 aromatic carbocycles. The van der Waals surface area contributed by atoms with E-state index < -0.39 is 11.7 Å². The molecule has 4 rings (SSSR count). The van der Waals surface area contributed by atoms with Gasteiger partial charge in [-0.1, -0.05) is 61.9 Å². The van der Waals surface area contributed by atoms with E-state index >= 15 is 0 Å². The zero-order valence-corrected chi connectivity index (χ0v) is 15.9. The molecule has 1 heterocycles. The van der Waals surface area contributed by atoms with Crippen LogP contribution in [0.4, 0.5) is 18.9 Å². The largest absolute Gasteiger partial charge is 0.416 e. The van der Waals surface area contributed by atoms with Gasteiger partial charge < -0.3 is 5.32 Å². The monoisotopic (exact) mass is 391 g/mol. The molecule has 0 saturated carbocycles. The van der Waals surface area contributed by atoms with Gasteiger partial charge in [-0.3, -0.25) is 0 Å². The van der Waals surface area contributed by atoms with Crippen molar-refractivity contribution in [3.8, 4) is 0 Å². The predicted octanol–water partition coefficient (Wildman–Crippen LogP) is 7.31. The molecule has 0 radical (unpaired) electrons. The van der Waals surface area contributed by atoms with Gasteiger partial charge in [0.15, 0.2) is 0 Å². The van der Waals surface area contributed by atoms with Crippen molar-refractivity contribution in [2.24, 2.45) is 5.92 Å². The van der Waals surface area contributed by atoms with Crippen LogP contribution < -0.4 is 5.32 Å². The molecule has 27 heavy (non-hydrogen) atoms. The van der Waals surface area contributed by atoms with Crippen LogP contribution in [0, 0.1) is 5.92 Å². The Morgan fingerprint density at radius 2 is 1.78 bits per heavy atom. The van der Waals surface area contributed by atoms with Gasteiger partial charge in [0, 0.05) is 5.92 Å². The summed E-state index contributed by atoms with van der Waals surface area (Å²) in [5.41, 5.74) is 2.43. The minimum atomic E-state index is -4.40. The van der Waals surface area contributed by atoms with Gasteiger partial charge in [-0.15, -0.1) is 0 Å². The molecule has 0 saturated heterocycles. The van der Waals surface area contributed by atoms with Crippen LogP contribution in [-0.2, 0) is 6.18 Å². The van der Waals surface area contributed by atoms with Crippen molar-refractivity contribution in [1.29, 1.82) is 0 Å². The third-order valence-electron chi connectivity index (χ3n) is 5.74. The van der Waals surface area contributed by atoms with Crippen LogP contribution in [0.15, 0.2) is 48.6 Å². The maximum Gasteiger partial charge on any atom is 0.416 e. The number of anilines is 1. The van der Waals surface area contributed by atoms with Gasteiger partial charge in [-0.25, -0.2) is 0 Å². The molecule has 2 aromatic rings. The zero-order chi connectivity index (χ0) is 19.3. The first-order valence-electron chi connectivity index (χ1n) is 9.20. The average molecular weight is 392 g/mol. The smallest absolute Gasteiger partial charge is 0.376 e. The van der Waals surface area contributed by atoms with Crippen LogP contribution in [0.5, 0.6) is 0 Å². The fraction of sp³-hybridized carbons (Fsp3) is 0.364. The van der Waals surface area contributed by atoms with E-state index in [1.165, 1.54) is 11.6 Å². The number of fused-ring (bicyclic) bond motifs is 3. The first kappa shape index (κ1) is 18.4. The summed E-state index contributed by atoms with van der Waals surface area (Å²) in [5, 5.41) is 3.68. The number of benzene rings is 2. The first-order valence-corrected chi connectivity index (χ1v) is 9.58. The molecule has 1 aliphatic carbocycles. The van der Waals surface area contributed by atoms with Gasteiger partial charge in [0.1, 0.15) is 0 Å². The number of halogens is 4. The van der Waals surface area contributed by atoms with Crippen molar-refractivity contribution in [3.63, 3.8) is 0 Å². The highest BCUT2D eigenvalue weighted by atomic mass is 35.5. The standard InChI is InChI=1S/C22H21ClF3N/c1-12(2)13-6-8-14(9-7-13)20-16-5-3-4-15(16)19-17(22(24,25)26)10-11-18(23)21(19)27-20/h3-4,6-12,15-16,20,27H,5H2,1-2H3/t15-,16+,20-/m0/s1. The number of hydrogen-bond donors (Lipinski definition) is 1. The highest BCUT2D eigenvalue weighted by Crippen LogP contribution is 2.54. The lowest BCUT2D eigenvalue weighted by Crippen LogP contribution is -2.31. The Kier molecular flexibility index (Phi) is 4.50. The third kappa shape index (κ3) is 3.14. The molecular weight excluding hydrogens is 371 g/mol. The molecule has 5 heteroatoms. The van der Waals surface area contributed by atoms with Gasteiger partial charge in [0.05, 0.1) is 22.3 Å². The zero-order valence-electron chi connectivity index (χ0n) is 15.1. The topological polar surface area (TPSA) is 12.0 Å². The Bertz CT molecular complexity index is 884. The van der Waals surface area contributed by atoms with Gasteiger partial charge >= 0.3 is 6.18 Å². The van der Waals surface area contributed by atoms with Crippen LogP contribution in [-0.4, -0.2) is 0 Å². The molecule has 0 spiro atoms. The van der Waals surface area contributed by atoms with E-state index in [0.29, 0.717) is 16.6 Å². The fourth-order valence-electron chi connectivity index (χ4n) is 4.34. The van der Waals surface area contributed by atoms with Crippen molar-refractivity contribution in [2.75, 3.05) is 5.32 Å². The average Bonchev–Trinajstić information content (AvgIpc) is 3.10. The van der Waals surface area contributed by atoms with Gasteiger partial charge in [0.25, 0.3) is 0 Å². The molecule has 0 fully saturated rings. The summed E-state index contributed by atoms with van der Waals surface area (Å²) in [4.78, 5) is 0. The number of nitrogens with one attached hydrogen (secondary N) is 1. The van der Waals surface area contributed by atoms with Crippen molar-refractivity contribution < 1.29 is 13.2 Å². The van der Waals surface area contributed by atoms with Crippen molar-refractivity contribution in [3.05, 3.63) is 75.8 Å². The van der Waals surface area contributed by atoms with E-state index in [0.717, 1.165) is 18.1 Å². The summed E-state index contributed by atoms with van der Waals surface area (Å²) >= 11 is 6.32. The predicted molar refractivity (Wildman–Crippen MR) is 103 cm³/mol. The Hall–Kier alpha value is -1.94. The molecule has 0 unspecified atom stereocenters. The maximum absolute atomic E-state index is 13.6. The lowest BCUT2D eigenvalue weighted by Gasteiger charge is -2.39. The van der Waals surface area contributed by atoms with Crippen LogP contribution in [0.3, 0.4) is 0 Å². The van der Waals surface area contributed by atoms with E-state index in [-0.39, 0.29) is 23.4 Å². The lowest BCUT2D eigenvalue weighted by atomic mass is 9.75. The van der Waals surface area contributed by atoms with Crippen LogP contribution >= 0.6 is 11.6 Å². The summed E-state index contributed by atoms with van der Waals surface area (Å²) in [6, 6.07) is 10.7. The summed E-state index contributed by atoms with van der Waals surface area (Å²) in [5.74, 6) is 0.192. The summed E-state index contributed by atoms with van der Waals surface area (Å²) < 4.78 is 40.8. The molecular formula is C22H21ClF3N. The van der Waals surface area contributed by atoms with E-state index in [4.69, 9.17) is 11.6 Å². The second-order valence-corrected chi connectivity index (χ2v) is 8.09. The van der Waals surface area contributed by atoms with Crippen LogP contribution in [0.2, 0.25) is 5.02 Å². The second-order valence-electron chi connectivity index (χ2n) is 7.68. The molecule has 1 nitrogen and oxygen atoms in total. The molecule has 1 aliphatic heterocycles. The van der Waals surface area contributed by atoms with Crippen molar-refractivity contribution in [1.82, 2.24) is 0 Å². The summed E-state index contributed by atoms with van der Waals surface area (Å²) in [6.07, 6.45) is 0.245. The molecule has 0 amide bonds. The molecule has 1 N–H and O–H groups in total. The Morgan fingerprint density at radius 1 is 1.07 bits per heavy atom. The minimum absolute atomic E-state index is 0.0435. The van der Waals surface area contributed by atoms with E-state index in [9.17, 15) is 13.2 Å². The lowest BCUT2D eigenvalue weighted by molar-refractivity contribution is -0.138. The van der Waals surface area contributed by atoms with E-state index in [1.807, 2.05) is 12.2 Å².